The van der Waals surface area contributed by atoms with Gasteiger partial charge in [0, 0.05) is 0 Å². The van der Waals surface area contributed by atoms with Gasteiger partial charge in [0.25, 0.3) is 0 Å². The van der Waals surface area contributed by atoms with E-state index in [-0.39, 0.29) is 0 Å². The standard InChI is InChI=1S/C3Cl3F3/c4-1(2(5)7)3(6,8)9/b2-1-. The van der Waals surface area contributed by atoms with Crippen molar-refractivity contribution in [2.75, 3.05) is 0 Å². The van der Waals surface area contributed by atoms with E-state index in [4.69, 9.17) is 0 Å². The Kier molecular flexibility index (Phi) is 3.12. The number of halogens is 6. The molecule has 0 N–H and O–H groups in total. The summed E-state index contributed by atoms with van der Waals surface area (Å²) >= 11 is 13.2. The van der Waals surface area contributed by atoms with Gasteiger partial charge in [0.1, 0.15) is 0 Å². The van der Waals surface area contributed by atoms with Gasteiger partial charge in [0.05, 0.1) is 0 Å². The molecule has 0 aromatic carbocycles. The maximum atomic E-state index is 11.6. The van der Waals surface area contributed by atoms with E-state index in [1.807, 2.05) is 0 Å². The SMILES string of the molecule is F/C(Cl)=C(\Cl)C(F)(F)Cl. The van der Waals surface area contributed by atoms with Gasteiger partial charge in [-0.3, -0.25) is 0 Å². The quantitative estimate of drug-likeness (QED) is 0.568. The molecule has 0 heterocycles. The van der Waals surface area contributed by atoms with Crippen LogP contribution < -0.4 is 0 Å². The summed E-state index contributed by atoms with van der Waals surface area (Å²) in [4.78, 5) is 0. The molecule has 54 valence electrons. The number of allylic oxidation sites excluding steroid dienone is 1. The molecule has 0 nitrogen and oxygen atoms in total. The van der Waals surface area contributed by atoms with E-state index in [0.29, 0.717) is 0 Å². The topological polar surface area (TPSA) is 0 Å². The van der Waals surface area contributed by atoms with Gasteiger partial charge in [-0.2, -0.15) is 13.2 Å². The van der Waals surface area contributed by atoms with Crippen LogP contribution in [0.4, 0.5) is 13.2 Å². The molecule has 0 radical (unpaired) electrons. The second kappa shape index (κ2) is 2.99. The minimum atomic E-state index is -3.91. The Morgan fingerprint density at radius 3 is 1.56 bits per heavy atom. The molecule has 0 atom stereocenters. The third-order valence-corrected chi connectivity index (χ3v) is 1.39. The van der Waals surface area contributed by atoms with Crippen LogP contribution in [0.2, 0.25) is 0 Å². The molecule has 9 heavy (non-hydrogen) atoms. The summed E-state index contributed by atoms with van der Waals surface area (Å²) in [5, 5.41) is -7.10. The summed E-state index contributed by atoms with van der Waals surface area (Å²) in [6.07, 6.45) is 0. The van der Waals surface area contributed by atoms with E-state index in [1.54, 1.807) is 0 Å². The second-order valence-electron chi connectivity index (χ2n) is 1.07. The highest BCUT2D eigenvalue weighted by Crippen LogP contribution is 2.35. The van der Waals surface area contributed by atoms with Gasteiger partial charge in [-0.05, 0) is 23.2 Å². The second-order valence-corrected chi connectivity index (χ2v) is 2.26. The average molecular weight is 199 g/mol. The zero-order valence-electron chi connectivity index (χ0n) is 3.77. The van der Waals surface area contributed by atoms with E-state index in [0.717, 1.165) is 0 Å². The number of rotatable bonds is 1. The molecule has 0 fully saturated rings. The van der Waals surface area contributed by atoms with Crippen molar-refractivity contribution in [3.8, 4) is 0 Å². The zero-order chi connectivity index (χ0) is 7.65. The van der Waals surface area contributed by atoms with Crippen LogP contribution in [0.3, 0.4) is 0 Å². The van der Waals surface area contributed by atoms with E-state index >= 15 is 0 Å². The molecule has 0 rings (SSSR count). The van der Waals surface area contributed by atoms with Crippen LogP contribution in [0.15, 0.2) is 10.3 Å². The maximum Gasteiger partial charge on any atom is 0.362 e. The minimum absolute atomic E-state index is 1.49. The Hall–Kier alpha value is 0.400. The summed E-state index contributed by atoms with van der Waals surface area (Å²) in [7, 11) is 0. The highest BCUT2D eigenvalue weighted by atomic mass is 35.5. The molecule has 0 amide bonds. The lowest BCUT2D eigenvalue weighted by Gasteiger charge is -2.03. The van der Waals surface area contributed by atoms with Crippen LogP contribution in [0, 0.1) is 0 Å². The highest BCUT2D eigenvalue weighted by molar-refractivity contribution is 6.43. The van der Waals surface area contributed by atoms with Gasteiger partial charge < -0.3 is 0 Å². The Labute approximate surface area is 64.2 Å². The van der Waals surface area contributed by atoms with Crippen molar-refractivity contribution >= 4 is 34.8 Å². The van der Waals surface area contributed by atoms with Crippen LogP contribution in [-0.4, -0.2) is 5.38 Å². The lowest BCUT2D eigenvalue weighted by Crippen LogP contribution is -2.05. The molecule has 0 aliphatic carbocycles. The van der Waals surface area contributed by atoms with Gasteiger partial charge in [-0.15, -0.1) is 0 Å². The third-order valence-electron chi connectivity index (χ3n) is 0.415. The summed E-state index contributed by atoms with van der Waals surface area (Å²) in [5.74, 6) is 0. The van der Waals surface area contributed by atoms with E-state index < -0.39 is 15.7 Å². The predicted octanol–water partition coefficient (Wildman–Crippen LogP) is 3.43. The number of alkyl halides is 3. The fraction of sp³-hybridized carbons (Fsp3) is 0.333. The monoisotopic (exact) mass is 198 g/mol. The average Bonchev–Trinajstić information content (AvgIpc) is 1.62. The molecule has 0 aromatic heterocycles. The molecule has 0 spiro atoms. The largest absolute Gasteiger partial charge is 0.362 e. The molecule has 0 bridgehead atoms. The van der Waals surface area contributed by atoms with E-state index in [1.165, 1.54) is 0 Å². The molecule has 0 saturated heterocycles. The van der Waals surface area contributed by atoms with E-state index in [2.05, 4.69) is 34.8 Å². The first-order valence-electron chi connectivity index (χ1n) is 1.63. The van der Waals surface area contributed by atoms with Gasteiger partial charge in [-0.25, -0.2) is 0 Å². The van der Waals surface area contributed by atoms with Crippen molar-refractivity contribution in [1.29, 1.82) is 0 Å². The van der Waals surface area contributed by atoms with E-state index in [9.17, 15) is 13.2 Å². The summed E-state index contributed by atoms with van der Waals surface area (Å²) in [5.41, 5.74) is 0. The third kappa shape index (κ3) is 3.18. The van der Waals surface area contributed by atoms with Crippen molar-refractivity contribution in [3.05, 3.63) is 10.3 Å². The van der Waals surface area contributed by atoms with Gasteiger partial charge in [-0.1, -0.05) is 11.6 Å². The van der Waals surface area contributed by atoms with Crippen LogP contribution in [0.25, 0.3) is 0 Å². The minimum Gasteiger partial charge on any atom is -0.192 e. The maximum absolute atomic E-state index is 11.6. The van der Waals surface area contributed by atoms with Crippen LogP contribution >= 0.6 is 34.8 Å². The first kappa shape index (κ1) is 9.40. The fourth-order valence-corrected chi connectivity index (χ4v) is 0.357. The Bertz CT molecular complexity index is 132. The van der Waals surface area contributed by atoms with Crippen molar-refractivity contribution in [3.63, 3.8) is 0 Å². The lowest BCUT2D eigenvalue weighted by atomic mass is 10.6. The van der Waals surface area contributed by atoms with Crippen LogP contribution in [0.5, 0.6) is 0 Å². The van der Waals surface area contributed by atoms with Crippen molar-refractivity contribution in [1.82, 2.24) is 0 Å². The Morgan fingerprint density at radius 2 is 1.56 bits per heavy atom. The van der Waals surface area contributed by atoms with Gasteiger partial charge >= 0.3 is 5.38 Å². The molecule has 6 heteroatoms. The molecule has 0 aliphatic heterocycles. The fourth-order valence-electron chi connectivity index (χ4n) is 0.107. The molecular weight excluding hydrogens is 199 g/mol. The molecule has 0 unspecified atom stereocenters. The van der Waals surface area contributed by atoms with Gasteiger partial charge in [0.15, 0.2) is 5.03 Å². The van der Waals surface area contributed by atoms with Crippen LogP contribution in [-0.2, 0) is 0 Å². The first-order valence-corrected chi connectivity index (χ1v) is 2.77. The smallest absolute Gasteiger partial charge is 0.192 e. The first-order chi connectivity index (χ1) is 3.85. The Morgan fingerprint density at radius 1 is 1.22 bits per heavy atom. The molecule has 0 saturated carbocycles. The van der Waals surface area contributed by atoms with Crippen molar-refractivity contribution in [2.24, 2.45) is 0 Å². The number of hydrogen-bond donors (Lipinski definition) is 0. The Balaban J connectivity index is 4.40. The lowest BCUT2D eigenvalue weighted by molar-refractivity contribution is 0.145. The number of hydrogen-bond acceptors (Lipinski definition) is 0. The van der Waals surface area contributed by atoms with Crippen molar-refractivity contribution < 1.29 is 13.2 Å². The molecule has 0 aromatic rings. The zero-order valence-corrected chi connectivity index (χ0v) is 6.04. The normalized spacial score (nSPS) is 15.3. The highest BCUT2D eigenvalue weighted by Gasteiger charge is 2.32. The molecule has 0 aliphatic rings. The van der Waals surface area contributed by atoms with Gasteiger partial charge in [0.2, 0.25) is 5.29 Å². The van der Waals surface area contributed by atoms with Crippen molar-refractivity contribution in [2.45, 2.75) is 5.38 Å². The summed E-state index contributed by atoms with van der Waals surface area (Å²) in [6, 6.07) is 0. The summed E-state index contributed by atoms with van der Waals surface area (Å²) < 4.78 is 34.8. The summed E-state index contributed by atoms with van der Waals surface area (Å²) in [6.45, 7) is 0. The predicted molar refractivity (Wildman–Crippen MR) is 30.6 cm³/mol. The molecular formula is C3Cl3F3. The van der Waals surface area contributed by atoms with Crippen LogP contribution in [0.1, 0.15) is 0 Å².